The van der Waals surface area contributed by atoms with Crippen molar-refractivity contribution in [2.24, 2.45) is 22.6 Å². The van der Waals surface area contributed by atoms with Crippen LogP contribution in [0.2, 0.25) is 0 Å². The van der Waals surface area contributed by atoms with Crippen molar-refractivity contribution in [2.75, 3.05) is 11.9 Å². The number of nitrogens with two attached hydrogens (primary N) is 1. The van der Waals surface area contributed by atoms with Crippen molar-refractivity contribution < 1.29 is 0 Å². The van der Waals surface area contributed by atoms with Crippen molar-refractivity contribution in [1.82, 2.24) is 10.3 Å². The lowest BCUT2D eigenvalue weighted by Crippen LogP contribution is -2.27. The Morgan fingerprint density at radius 2 is 1.90 bits per heavy atom. The van der Waals surface area contributed by atoms with Crippen LogP contribution in [0.4, 0.5) is 11.5 Å². The van der Waals surface area contributed by atoms with Crippen LogP contribution < -0.4 is 16.4 Å². The fourth-order valence-electron chi connectivity index (χ4n) is 4.83. The zero-order valence-corrected chi connectivity index (χ0v) is 17.4. The summed E-state index contributed by atoms with van der Waals surface area (Å²) in [6, 6.07) is 16.4. The molecule has 3 aromatic rings. The molecule has 1 aliphatic carbocycles. The number of nitrogens with zero attached hydrogens (tertiary/aromatic N) is 2. The number of allylic oxidation sites excluding steroid dienone is 1. The third-order valence-electron chi connectivity index (χ3n) is 6.60. The van der Waals surface area contributed by atoms with Crippen molar-refractivity contribution in [2.45, 2.75) is 25.7 Å². The molecule has 5 rings (SSSR count). The molecule has 5 N–H and O–H groups in total. The molecule has 0 unspecified atom stereocenters. The van der Waals surface area contributed by atoms with Crippen LogP contribution in [0.5, 0.6) is 0 Å². The maximum absolute atomic E-state index is 9.37. The van der Waals surface area contributed by atoms with E-state index >= 15 is 0 Å². The van der Waals surface area contributed by atoms with Gasteiger partial charge in [-0.3, -0.25) is 0 Å². The molecule has 0 amide bonds. The first-order valence-electron chi connectivity index (χ1n) is 10.9. The van der Waals surface area contributed by atoms with Crippen molar-refractivity contribution >= 4 is 34.3 Å². The van der Waals surface area contributed by atoms with E-state index in [4.69, 9.17) is 5.73 Å². The summed E-state index contributed by atoms with van der Waals surface area (Å²) in [5.41, 5.74) is 11.4. The highest BCUT2D eigenvalue weighted by atomic mass is 15.0. The van der Waals surface area contributed by atoms with Gasteiger partial charge in [-0.25, -0.2) is 4.99 Å². The quantitative estimate of drug-likeness (QED) is 0.494. The van der Waals surface area contributed by atoms with Crippen LogP contribution in [0.3, 0.4) is 0 Å². The highest BCUT2D eigenvalue weighted by Gasteiger charge is 2.26. The van der Waals surface area contributed by atoms with E-state index in [1.54, 1.807) is 6.34 Å². The number of aliphatic imine (C=N–C) groups is 1. The van der Waals surface area contributed by atoms with Crippen LogP contribution in [0.1, 0.15) is 36.8 Å². The van der Waals surface area contributed by atoms with E-state index in [9.17, 15) is 5.26 Å². The van der Waals surface area contributed by atoms with Gasteiger partial charge < -0.3 is 21.4 Å². The molecule has 31 heavy (non-hydrogen) atoms. The van der Waals surface area contributed by atoms with E-state index in [1.165, 1.54) is 0 Å². The van der Waals surface area contributed by atoms with Gasteiger partial charge >= 0.3 is 0 Å². The molecule has 0 saturated heterocycles. The van der Waals surface area contributed by atoms with Crippen LogP contribution in [0, 0.1) is 23.2 Å². The number of benzene rings is 2. The Hall–Kier alpha value is -3.72. The van der Waals surface area contributed by atoms with Gasteiger partial charge in [-0.05, 0) is 49.8 Å². The third kappa shape index (κ3) is 3.64. The van der Waals surface area contributed by atoms with Crippen LogP contribution in [-0.4, -0.2) is 17.9 Å². The SMILES string of the molecule is N#Cc1ccc(NCC2CCC(/C(N)=C3/NC=Nc4[nH]ccc43)CC2)c2ccccc12. The lowest BCUT2D eigenvalue weighted by atomic mass is 9.79. The molecule has 0 atom stereocenters. The molecule has 1 aliphatic heterocycles. The van der Waals surface area contributed by atoms with E-state index in [-0.39, 0.29) is 0 Å². The number of nitrogens with one attached hydrogen (secondary N) is 3. The minimum atomic E-state index is 0.392. The minimum Gasteiger partial charge on any atom is -0.400 e. The van der Waals surface area contributed by atoms with Crippen molar-refractivity contribution in [3.8, 4) is 6.07 Å². The summed E-state index contributed by atoms with van der Waals surface area (Å²) in [6.07, 6.45) is 8.08. The number of rotatable bonds is 4. The number of anilines is 1. The number of H-pyrrole nitrogens is 1. The van der Waals surface area contributed by atoms with E-state index in [1.807, 2.05) is 42.6 Å². The first kappa shape index (κ1) is 19.3. The maximum Gasteiger partial charge on any atom is 0.141 e. The molecule has 0 bridgehead atoms. The molecule has 2 aromatic carbocycles. The van der Waals surface area contributed by atoms with Crippen LogP contribution in [0.25, 0.3) is 16.5 Å². The number of nitriles is 1. The number of aromatic nitrogens is 1. The van der Waals surface area contributed by atoms with Gasteiger partial charge in [0.2, 0.25) is 0 Å². The number of aromatic amines is 1. The fourth-order valence-corrected chi connectivity index (χ4v) is 4.83. The summed E-state index contributed by atoms with van der Waals surface area (Å²) in [5.74, 6) is 1.88. The Morgan fingerprint density at radius 1 is 1.10 bits per heavy atom. The second kappa shape index (κ2) is 8.19. The van der Waals surface area contributed by atoms with Crippen molar-refractivity contribution in [1.29, 1.82) is 5.26 Å². The van der Waals surface area contributed by atoms with Crippen molar-refractivity contribution in [3.05, 3.63) is 65.5 Å². The van der Waals surface area contributed by atoms with Gasteiger partial charge in [0.25, 0.3) is 0 Å². The molecule has 0 spiro atoms. The standard InChI is InChI=1S/C25H26N6/c26-13-18-9-10-22(20-4-2-1-3-19(18)20)29-14-16-5-7-17(8-6-16)23(27)24-21-11-12-28-25(21)31-15-30-24/h1-4,9-12,15-17,28-29H,5-8,14,27H2,(H,30,31)/b24-23-. The van der Waals surface area contributed by atoms with Gasteiger partial charge in [-0.15, -0.1) is 0 Å². The smallest absolute Gasteiger partial charge is 0.141 e. The van der Waals surface area contributed by atoms with E-state index in [0.717, 1.165) is 77.0 Å². The monoisotopic (exact) mass is 410 g/mol. The van der Waals surface area contributed by atoms with E-state index in [2.05, 4.69) is 32.7 Å². The summed E-state index contributed by atoms with van der Waals surface area (Å²) in [6.45, 7) is 0.936. The molecule has 1 saturated carbocycles. The number of fused-ring (bicyclic) bond motifs is 2. The van der Waals surface area contributed by atoms with Gasteiger partial charge in [0.05, 0.1) is 23.7 Å². The highest BCUT2D eigenvalue weighted by molar-refractivity contribution is 5.97. The summed E-state index contributed by atoms with van der Waals surface area (Å²) < 4.78 is 0. The Labute approximate surface area is 181 Å². The molecule has 2 heterocycles. The summed E-state index contributed by atoms with van der Waals surface area (Å²) >= 11 is 0. The molecule has 2 aliphatic rings. The van der Waals surface area contributed by atoms with Crippen LogP contribution >= 0.6 is 0 Å². The second-order valence-corrected chi connectivity index (χ2v) is 8.39. The molecular formula is C25H26N6. The molecule has 1 aromatic heterocycles. The van der Waals surface area contributed by atoms with Gasteiger partial charge in [0, 0.05) is 46.4 Å². The first-order valence-corrected chi connectivity index (χ1v) is 10.9. The Morgan fingerprint density at radius 3 is 2.71 bits per heavy atom. The Kier molecular flexibility index (Phi) is 5.09. The largest absolute Gasteiger partial charge is 0.400 e. The molecule has 0 radical (unpaired) electrons. The van der Waals surface area contributed by atoms with E-state index in [0.29, 0.717) is 11.8 Å². The second-order valence-electron chi connectivity index (χ2n) is 8.39. The molecule has 1 fully saturated rings. The fraction of sp³-hybridized carbons (Fsp3) is 0.280. The summed E-state index contributed by atoms with van der Waals surface area (Å²) in [7, 11) is 0. The zero-order valence-electron chi connectivity index (χ0n) is 17.4. The summed E-state index contributed by atoms with van der Waals surface area (Å²) in [5, 5.41) is 18.4. The Bertz CT molecular complexity index is 1200. The zero-order chi connectivity index (χ0) is 21.2. The topological polar surface area (TPSA) is 102 Å². The normalized spacial score (nSPS) is 21.8. The molecule has 6 nitrogen and oxygen atoms in total. The third-order valence-corrected chi connectivity index (χ3v) is 6.60. The predicted molar refractivity (Wildman–Crippen MR) is 126 cm³/mol. The Balaban J connectivity index is 1.24. The van der Waals surface area contributed by atoms with E-state index < -0.39 is 0 Å². The van der Waals surface area contributed by atoms with Crippen LogP contribution in [-0.2, 0) is 0 Å². The lowest BCUT2D eigenvalue weighted by Gasteiger charge is -2.30. The maximum atomic E-state index is 9.37. The van der Waals surface area contributed by atoms with Gasteiger partial charge in [-0.2, -0.15) is 5.26 Å². The predicted octanol–water partition coefficient (Wildman–Crippen LogP) is 4.85. The number of hydrogen-bond donors (Lipinski definition) is 4. The van der Waals surface area contributed by atoms with Gasteiger partial charge in [-0.1, -0.05) is 24.3 Å². The molecular weight excluding hydrogens is 384 g/mol. The first-order chi connectivity index (χ1) is 15.2. The highest BCUT2D eigenvalue weighted by Crippen LogP contribution is 2.36. The summed E-state index contributed by atoms with van der Waals surface area (Å²) in [4.78, 5) is 7.47. The average molecular weight is 411 g/mol. The minimum absolute atomic E-state index is 0.392. The lowest BCUT2D eigenvalue weighted by molar-refractivity contribution is 0.311. The van der Waals surface area contributed by atoms with Gasteiger partial charge in [0.15, 0.2) is 0 Å². The van der Waals surface area contributed by atoms with Gasteiger partial charge in [0.1, 0.15) is 5.82 Å². The van der Waals surface area contributed by atoms with Crippen LogP contribution in [0.15, 0.2) is 59.4 Å². The number of hydrogen-bond acceptors (Lipinski definition) is 5. The molecule has 6 heteroatoms. The molecule has 156 valence electrons. The average Bonchev–Trinajstić information content (AvgIpc) is 3.31. The van der Waals surface area contributed by atoms with Crippen molar-refractivity contribution in [3.63, 3.8) is 0 Å².